The molecule has 1 rings (SSSR count). The van der Waals surface area contributed by atoms with Crippen molar-refractivity contribution in [1.29, 1.82) is 0 Å². The molecule has 0 aliphatic rings. The van der Waals surface area contributed by atoms with Gasteiger partial charge < -0.3 is 4.57 Å². The van der Waals surface area contributed by atoms with Crippen LogP contribution in [0.15, 0.2) is 18.7 Å². The van der Waals surface area contributed by atoms with Crippen molar-refractivity contribution in [2.45, 2.75) is 13.0 Å². The second-order valence-corrected chi connectivity index (χ2v) is 5.56. The molecular formula is C8H16N2S. The van der Waals surface area contributed by atoms with Crippen LogP contribution in [-0.4, -0.2) is 27.8 Å². The number of hydrogen-bond acceptors (Lipinski definition) is 1. The molecule has 0 aliphatic carbocycles. The molecule has 0 N–H and O–H groups in total. The van der Waals surface area contributed by atoms with E-state index in [-0.39, 0.29) is 10.9 Å². The van der Waals surface area contributed by atoms with Gasteiger partial charge in [-0.2, -0.15) is 0 Å². The third kappa shape index (κ3) is 3.46. The van der Waals surface area contributed by atoms with Crippen molar-refractivity contribution in [2.24, 2.45) is 0 Å². The van der Waals surface area contributed by atoms with E-state index in [0.717, 1.165) is 6.54 Å². The fourth-order valence-corrected chi connectivity index (χ4v) is 1.76. The molecule has 0 aliphatic heterocycles. The van der Waals surface area contributed by atoms with Gasteiger partial charge >= 0.3 is 0 Å². The fraction of sp³-hybridized carbons (Fsp3) is 0.625. The monoisotopic (exact) mass is 172 g/mol. The first-order chi connectivity index (χ1) is 5.29. The summed E-state index contributed by atoms with van der Waals surface area (Å²) in [4.78, 5) is 3.99. The minimum Gasteiger partial charge on any atom is -0.337 e. The van der Waals surface area contributed by atoms with Crippen molar-refractivity contribution >= 4 is 10.9 Å². The summed E-state index contributed by atoms with van der Waals surface area (Å²) in [7, 11) is 0.284. The Labute approximate surface area is 71.0 Å². The van der Waals surface area contributed by atoms with Crippen LogP contribution >= 0.6 is 10.9 Å². The zero-order valence-electron chi connectivity index (χ0n) is 7.20. The Morgan fingerprint density at radius 1 is 1.45 bits per heavy atom. The van der Waals surface area contributed by atoms with Gasteiger partial charge in [-0.05, 0) is 24.7 Å². The summed E-state index contributed by atoms with van der Waals surface area (Å²) in [6.07, 6.45) is 11.7. The van der Waals surface area contributed by atoms with Crippen LogP contribution in [0, 0.1) is 0 Å². The van der Waals surface area contributed by atoms with Gasteiger partial charge in [0.15, 0.2) is 0 Å². The van der Waals surface area contributed by atoms with Crippen LogP contribution in [0.3, 0.4) is 0 Å². The smallest absolute Gasteiger partial charge is 0.0945 e. The van der Waals surface area contributed by atoms with Gasteiger partial charge in [-0.15, -0.1) is 0 Å². The van der Waals surface area contributed by atoms with Crippen molar-refractivity contribution < 1.29 is 0 Å². The Kier molecular flexibility index (Phi) is 3.49. The number of rotatable bonds is 4. The third-order valence-corrected chi connectivity index (χ3v) is 2.79. The number of aromatic nitrogens is 2. The minimum absolute atomic E-state index is 0.284. The maximum atomic E-state index is 3.99. The maximum absolute atomic E-state index is 3.99. The molecule has 0 saturated carbocycles. The van der Waals surface area contributed by atoms with Crippen molar-refractivity contribution in [1.82, 2.24) is 9.55 Å². The van der Waals surface area contributed by atoms with E-state index in [4.69, 9.17) is 0 Å². The number of nitrogens with zero attached hydrogens (tertiary/aromatic N) is 2. The highest BCUT2D eigenvalue weighted by Crippen LogP contribution is 2.14. The van der Waals surface area contributed by atoms with Crippen molar-refractivity contribution in [3.63, 3.8) is 0 Å². The summed E-state index contributed by atoms with van der Waals surface area (Å²) in [5, 5.41) is 0. The second kappa shape index (κ2) is 4.44. The highest BCUT2D eigenvalue weighted by atomic mass is 32.2. The van der Waals surface area contributed by atoms with Gasteiger partial charge in [0, 0.05) is 18.9 Å². The average molecular weight is 172 g/mol. The third-order valence-electron chi connectivity index (χ3n) is 1.58. The van der Waals surface area contributed by atoms with Gasteiger partial charge in [0.05, 0.1) is 6.33 Å². The summed E-state index contributed by atoms with van der Waals surface area (Å²) in [6.45, 7) is 1.13. The van der Waals surface area contributed by atoms with E-state index in [9.17, 15) is 0 Å². The van der Waals surface area contributed by atoms with Gasteiger partial charge in [0.25, 0.3) is 0 Å². The lowest BCUT2D eigenvalue weighted by Gasteiger charge is -2.08. The van der Waals surface area contributed by atoms with Crippen LogP contribution in [0.2, 0.25) is 0 Å². The summed E-state index contributed by atoms with van der Waals surface area (Å²) >= 11 is 0. The van der Waals surface area contributed by atoms with Crippen molar-refractivity contribution in [3.05, 3.63) is 18.7 Å². The molecule has 3 heteroatoms. The van der Waals surface area contributed by atoms with Crippen molar-refractivity contribution in [2.75, 3.05) is 18.3 Å². The summed E-state index contributed by atoms with van der Waals surface area (Å²) in [5.74, 6) is 1.37. The Balaban J connectivity index is 2.14. The number of imidazole rings is 1. The molecule has 1 aromatic heterocycles. The molecule has 0 atom stereocenters. The Morgan fingerprint density at radius 3 is 2.82 bits per heavy atom. The summed E-state index contributed by atoms with van der Waals surface area (Å²) in [6, 6.07) is 0. The first-order valence-electron chi connectivity index (χ1n) is 3.89. The summed E-state index contributed by atoms with van der Waals surface area (Å²) in [5.41, 5.74) is 0. The molecule has 64 valence electrons. The zero-order valence-corrected chi connectivity index (χ0v) is 8.09. The lowest BCUT2D eigenvalue weighted by atomic mass is 10.5. The first kappa shape index (κ1) is 8.65. The van der Waals surface area contributed by atoms with Crippen molar-refractivity contribution in [3.8, 4) is 0 Å². The Hall–Kier alpha value is -0.440. The molecule has 0 aromatic carbocycles. The largest absolute Gasteiger partial charge is 0.337 e. The molecule has 1 heterocycles. The molecule has 0 unspecified atom stereocenters. The molecule has 0 saturated heterocycles. The normalized spacial score (nSPS) is 11.6. The molecule has 0 radical (unpaired) electrons. The van der Waals surface area contributed by atoms with Gasteiger partial charge in [-0.1, -0.05) is 0 Å². The molecule has 0 amide bonds. The topological polar surface area (TPSA) is 17.8 Å². The molecule has 0 fully saturated rings. The Bertz CT molecular complexity index is 182. The standard InChI is InChI=1S/C8H16N2S/c1-11(2)7-3-5-10-6-4-9-8-10/h4,6,8,11H,3,5,7H2,1-2H3. The van der Waals surface area contributed by atoms with Gasteiger partial charge in [-0.3, -0.25) is 10.9 Å². The SMILES string of the molecule is C[SH](C)CCCn1ccnc1. The number of thiol groups is 1. The lowest BCUT2D eigenvalue weighted by molar-refractivity contribution is 0.683. The second-order valence-electron chi connectivity index (χ2n) is 2.96. The highest BCUT2D eigenvalue weighted by Gasteiger charge is 1.91. The predicted molar refractivity (Wildman–Crippen MR) is 52.5 cm³/mol. The van der Waals surface area contributed by atoms with Gasteiger partial charge in [0.1, 0.15) is 0 Å². The van der Waals surface area contributed by atoms with E-state index in [1.165, 1.54) is 12.2 Å². The average Bonchev–Trinajstić information content (AvgIpc) is 2.39. The van der Waals surface area contributed by atoms with Gasteiger partial charge in [0.2, 0.25) is 0 Å². The van der Waals surface area contributed by atoms with Crippen LogP contribution in [-0.2, 0) is 6.54 Å². The molecule has 1 aromatic rings. The Morgan fingerprint density at radius 2 is 2.27 bits per heavy atom. The van der Waals surface area contributed by atoms with E-state index in [2.05, 4.69) is 22.1 Å². The van der Waals surface area contributed by atoms with E-state index in [1.807, 2.05) is 18.7 Å². The van der Waals surface area contributed by atoms with E-state index in [1.54, 1.807) is 0 Å². The molecular weight excluding hydrogens is 156 g/mol. The first-order valence-corrected chi connectivity index (χ1v) is 6.31. The maximum Gasteiger partial charge on any atom is 0.0945 e. The van der Waals surface area contributed by atoms with Crippen LogP contribution < -0.4 is 0 Å². The zero-order chi connectivity index (χ0) is 8.10. The molecule has 0 spiro atoms. The minimum atomic E-state index is 0.284. The quantitative estimate of drug-likeness (QED) is 0.682. The molecule has 0 bridgehead atoms. The van der Waals surface area contributed by atoms with Crippen LogP contribution in [0.5, 0.6) is 0 Å². The summed E-state index contributed by atoms with van der Waals surface area (Å²) < 4.78 is 2.14. The number of aryl methyl sites for hydroxylation is 1. The van der Waals surface area contributed by atoms with E-state index in [0.29, 0.717) is 0 Å². The van der Waals surface area contributed by atoms with E-state index < -0.39 is 0 Å². The van der Waals surface area contributed by atoms with Crippen LogP contribution in [0.25, 0.3) is 0 Å². The molecule has 11 heavy (non-hydrogen) atoms. The van der Waals surface area contributed by atoms with Crippen LogP contribution in [0.1, 0.15) is 6.42 Å². The number of hydrogen-bond donors (Lipinski definition) is 1. The van der Waals surface area contributed by atoms with Gasteiger partial charge in [-0.25, -0.2) is 4.98 Å². The predicted octanol–water partition coefficient (Wildman–Crippen LogP) is 1.53. The van der Waals surface area contributed by atoms with E-state index >= 15 is 0 Å². The highest BCUT2D eigenvalue weighted by molar-refractivity contribution is 8.15. The fourth-order valence-electron chi connectivity index (χ4n) is 0.989. The lowest BCUT2D eigenvalue weighted by Crippen LogP contribution is -1.97. The molecule has 2 nitrogen and oxygen atoms in total. The van der Waals surface area contributed by atoms with Crippen LogP contribution in [0.4, 0.5) is 0 Å².